The Balaban J connectivity index is 2.10. The van der Waals surface area contributed by atoms with Gasteiger partial charge in [0.1, 0.15) is 11.9 Å². The number of aromatic nitrogens is 3. The molecule has 0 atom stereocenters. The predicted molar refractivity (Wildman–Crippen MR) is 64.5 cm³/mol. The molecule has 17 heavy (non-hydrogen) atoms. The molecule has 0 spiro atoms. The van der Waals surface area contributed by atoms with Gasteiger partial charge in [0.2, 0.25) is 0 Å². The van der Waals surface area contributed by atoms with Gasteiger partial charge in [-0.1, -0.05) is 11.6 Å². The molecule has 5 nitrogen and oxygen atoms in total. The molecule has 0 unspecified atom stereocenters. The van der Waals surface area contributed by atoms with Crippen molar-refractivity contribution in [2.24, 2.45) is 7.05 Å². The van der Waals surface area contributed by atoms with Crippen LogP contribution in [0.3, 0.4) is 0 Å². The Bertz CT molecular complexity index is 569. The molecule has 2 aromatic rings. The van der Waals surface area contributed by atoms with Crippen LogP contribution < -0.4 is 5.32 Å². The summed E-state index contributed by atoms with van der Waals surface area (Å²) in [5.41, 5.74) is 1.25. The van der Waals surface area contributed by atoms with E-state index in [-0.39, 0.29) is 5.69 Å². The summed E-state index contributed by atoms with van der Waals surface area (Å²) in [7, 11) is 1.87. The van der Waals surface area contributed by atoms with Gasteiger partial charge in [-0.25, -0.2) is 4.98 Å². The standard InChI is InChI=1S/C11H10ClN5/c1-17-8(4-5-15-17)7-14-11-3-2-9(12)10(6-13)16-11/h2-5H,7H2,1H3,(H,14,16). The minimum atomic E-state index is 0.224. The summed E-state index contributed by atoms with van der Waals surface area (Å²) in [6.45, 7) is 0.593. The predicted octanol–water partition coefficient (Wildman–Crippen LogP) is 1.95. The lowest BCUT2D eigenvalue weighted by Crippen LogP contribution is -2.06. The number of pyridine rings is 1. The van der Waals surface area contributed by atoms with Crippen LogP contribution in [0, 0.1) is 11.3 Å². The van der Waals surface area contributed by atoms with Crippen molar-refractivity contribution in [3.63, 3.8) is 0 Å². The van der Waals surface area contributed by atoms with Gasteiger partial charge in [0, 0.05) is 13.2 Å². The van der Waals surface area contributed by atoms with Crippen molar-refractivity contribution in [3.8, 4) is 6.07 Å². The summed E-state index contributed by atoms with van der Waals surface area (Å²) in [6, 6.07) is 7.24. The Morgan fingerprint density at radius 3 is 2.94 bits per heavy atom. The second-order valence-corrected chi connectivity index (χ2v) is 3.85. The van der Waals surface area contributed by atoms with Crippen LogP contribution in [0.15, 0.2) is 24.4 Å². The van der Waals surface area contributed by atoms with Crippen LogP contribution in [-0.2, 0) is 13.6 Å². The summed E-state index contributed by atoms with van der Waals surface area (Å²) in [6.07, 6.45) is 1.73. The topological polar surface area (TPSA) is 66.5 Å². The van der Waals surface area contributed by atoms with Gasteiger partial charge in [0.25, 0.3) is 0 Å². The van der Waals surface area contributed by atoms with E-state index in [0.29, 0.717) is 17.4 Å². The maximum absolute atomic E-state index is 8.80. The second-order valence-electron chi connectivity index (χ2n) is 3.44. The number of hydrogen-bond donors (Lipinski definition) is 1. The van der Waals surface area contributed by atoms with Crippen LogP contribution in [0.25, 0.3) is 0 Å². The number of halogens is 1. The van der Waals surface area contributed by atoms with Crippen LogP contribution in [0.2, 0.25) is 5.02 Å². The highest BCUT2D eigenvalue weighted by atomic mass is 35.5. The van der Waals surface area contributed by atoms with Crippen molar-refractivity contribution in [3.05, 3.63) is 40.8 Å². The Kier molecular flexibility index (Phi) is 3.26. The van der Waals surface area contributed by atoms with E-state index in [2.05, 4.69) is 15.4 Å². The molecule has 2 aromatic heterocycles. The summed E-state index contributed by atoms with van der Waals surface area (Å²) in [5.74, 6) is 0.618. The maximum atomic E-state index is 8.80. The number of hydrogen-bond acceptors (Lipinski definition) is 4. The third-order valence-electron chi connectivity index (χ3n) is 2.32. The lowest BCUT2D eigenvalue weighted by Gasteiger charge is -2.06. The molecule has 0 aromatic carbocycles. The number of nitrogens with zero attached hydrogens (tertiary/aromatic N) is 4. The molecule has 0 saturated heterocycles. The zero-order chi connectivity index (χ0) is 12.3. The van der Waals surface area contributed by atoms with Crippen LogP contribution in [0.4, 0.5) is 5.82 Å². The van der Waals surface area contributed by atoms with E-state index in [1.54, 1.807) is 23.0 Å². The lowest BCUT2D eigenvalue weighted by atomic mass is 10.3. The third-order valence-corrected chi connectivity index (χ3v) is 2.63. The molecular formula is C11H10ClN5. The summed E-state index contributed by atoms with van der Waals surface area (Å²) in [4.78, 5) is 4.09. The zero-order valence-electron chi connectivity index (χ0n) is 9.18. The Morgan fingerprint density at radius 1 is 1.47 bits per heavy atom. The first-order valence-electron chi connectivity index (χ1n) is 4.98. The minimum absolute atomic E-state index is 0.224. The van der Waals surface area contributed by atoms with Gasteiger partial charge < -0.3 is 5.32 Å². The molecule has 2 heterocycles. The number of nitrogens with one attached hydrogen (secondary N) is 1. The zero-order valence-corrected chi connectivity index (χ0v) is 9.94. The first-order chi connectivity index (χ1) is 8.20. The molecule has 0 radical (unpaired) electrons. The molecule has 0 saturated carbocycles. The normalized spacial score (nSPS) is 9.94. The van der Waals surface area contributed by atoms with Crippen LogP contribution in [-0.4, -0.2) is 14.8 Å². The van der Waals surface area contributed by atoms with Crippen LogP contribution >= 0.6 is 11.6 Å². The molecule has 6 heteroatoms. The van der Waals surface area contributed by atoms with Crippen molar-refractivity contribution < 1.29 is 0 Å². The van der Waals surface area contributed by atoms with E-state index < -0.39 is 0 Å². The molecule has 2 rings (SSSR count). The van der Waals surface area contributed by atoms with Gasteiger partial charge >= 0.3 is 0 Å². The molecule has 0 bridgehead atoms. The van der Waals surface area contributed by atoms with E-state index in [1.165, 1.54) is 0 Å². The van der Waals surface area contributed by atoms with Crippen molar-refractivity contribution in [1.29, 1.82) is 5.26 Å². The summed E-state index contributed by atoms with van der Waals surface area (Å²) in [5, 5.41) is 16.3. The highest BCUT2D eigenvalue weighted by Gasteiger charge is 2.03. The number of rotatable bonds is 3. The van der Waals surface area contributed by atoms with Gasteiger partial charge in [-0.2, -0.15) is 10.4 Å². The molecule has 0 aliphatic rings. The maximum Gasteiger partial charge on any atom is 0.161 e. The van der Waals surface area contributed by atoms with Gasteiger partial charge in [-0.15, -0.1) is 0 Å². The number of nitriles is 1. The first kappa shape index (κ1) is 11.4. The fourth-order valence-electron chi connectivity index (χ4n) is 1.37. The van der Waals surface area contributed by atoms with Gasteiger partial charge in [0.05, 0.1) is 17.3 Å². The first-order valence-corrected chi connectivity index (χ1v) is 5.36. The largest absolute Gasteiger partial charge is 0.364 e. The Hall–Kier alpha value is -2.06. The third kappa shape index (κ3) is 2.55. The van der Waals surface area contributed by atoms with Crippen molar-refractivity contribution in [2.45, 2.75) is 6.54 Å². The molecule has 0 aliphatic heterocycles. The SMILES string of the molecule is Cn1nccc1CNc1ccc(Cl)c(C#N)n1. The van der Waals surface area contributed by atoms with E-state index in [9.17, 15) is 0 Å². The Labute approximate surface area is 104 Å². The average molecular weight is 248 g/mol. The molecular weight excluding hydrogens is 238 g/mol. The van der Waals surface area contributed by atoms with Crippen LogP contribution in [0.5, 0.6) is 0 Å². The monoisotopic (exact) mass is 247 g/mol. The minimum Gasteiger partial charge on any atom is -0.364 e. The van der Waals surface area contributed by atoms with Gasteiger partial charge in [-0.05, 0) is 18.2 Å². The second kappa shape index (κ2) is 4.85. The average Bonchev–Trinajstić information content (AvgIpc) is 2.74. The smallest absolute Gasteiger partial charge is 0.161 e. The van der Waals surface area contributed by atoms with E-state index in [1.807, 2.05) is 19.2 Å². The van der Waals surface area contributed by atoms with Gasteiger partial charge in [0.15, 0.2) is 5.69 Å². The van der Waals surface area contributed by atoms with E-state index >= 15 is 0 Å². The number of anilines is 1. The van der Waals surface area contributed by atoms with Crippen molar-refractivity contribution >= 4 is 17.4 Å². The molecule has 86 valence electrons. The molecule has 1 N–H and O–H groups in total. The van der Waals surface area contributed by atoms with E-state index in [4.69, 9.17) is 16.9 Å². The quantitative estimate of drug-likeness (QED) is 0.900. The highest BCUT2D eigenvalue weighted by Crippen LogP contribution is 2.16. The lowest BCUT2D eigenvalue weighted by molar-refractivity contribution is 0.720. The molecule has 0 fully saturated rings. The number of aryl methyl sites for hydroxylation is 1. The summed E-state index contributed by atoms with van der Waals surface area (Å²) >= 11 is 5.79. The molecule has 0 amide bonds. The molecule has 0 aliphatic carbocycles. The highest BCUT2D eigenvalue weighted by molar-refractivity contribution is 6.31. The summed E-state index contributed by atoms with van der Waals surface area (Å²) < 4.78 is 1.77. The Morgan fingerprint density at radius 2 is 2.29 bits per heavy atom. The van der Waals surface area contributed by atoms with Crippen molar-refractivity contribution in [2.75, 3.05) is 5.32 Å². The fraction of sp³-hybridized carbons (Fsp3) is 0.182. The van der Waals surface area contributed by atoms with Crippen molar-refractivity contribution in [1.82, 2.24) is 14.8 Å². The van der Waals surface area contributed by atoms with E-state index in [0.717, 1.165) is 5.69 Å². The van der Waals surface area contributed by atoms with Crippen LogP contribution in [0.1, 0.15) is 11.4 Å². The fourth-order valence-corrected chi connectivity index (χ4v) is 1.52. The van der Waals surface area contributed by atoms with Gasteiger partial charge in [-0.3, -0.25) is 4.68 Å².